The van der Waals surface area contributed by atoms with Crippen molar-refractivity contribution in [3.63, 3.8) is 0 Å². The van der Waals surface area contributed by atoms with E-state index in [4.69, 9.17) is 11.5 Å². The second-order valence-electron chi connectivity index (χ2n) is 6.84. The number of nitrogens with two attached hydrogens (primary N) is 2. The maximum absolute atomic E-state index is 13.3. The highest BCUT2D eigenvalue weighted by molar-refractivity contribution is 6.20. The first kappa shape index (κ1) is 19.6. The first-order chi connectivity index (χ1) is 12.3. The second-order valence-corrected chi connectivity index (χ2v) is 6.84. The summed E-state index contributed by atoms with van der Waals surface area (Å²) in [4.78, 5) is 39.5. The molecular formula is C17H26N6O3. The minimum atomic E-state index is -1.47. The topological polar surface area (TPSA) is 143 Å². The van der Waals surface area contributed by atoms with Gasteiger partial charge in [0.2, 0.25) is 17.8 Å². The summed E-state index contributed by atoms with van der Waals surface area (Å²) < 4.78 is 0. The van der Waals surface area contributed by atoms with Crippen LogP contribution in [0.4, 0.5) is 4.79 Å². The van der Waals surface area contributed by atoms with Crippen LogP contribution in [0.25, 0.3) is 0 Å². The normalized spacial score (nSPS) is 25.0. The highest BCUT2D eigenvalue weighted by atomic mass is 16.2. The van der Waals surface area contributed by atoms with Crippen LogP contribution >= 0.6 is 0 Å². The van der Waals surface area contributed by atoms with Crippen molar-refractivity contribution in [2.24, 2.45) is 27.1 Å². The van der Waals surface area contributed by atoms with Gasteiger partial charge in [0.25, 0.3) is 0 Å². The molecule has 1 unspecified atom stereocenters. The number of nitrogens with one attached hydrogen (secondary N) is 1. The first-order valence-electron chi connectivity index (χ1n) is 8.74. The lowest BCUT2D eigenvalue weighted by Gasteiger charge is -2.43. The van der Waals surface area contributed by atoms with Crippen LogP contribution < -0.4 is 16.8 Å². The minimum absolute atomic E-state index is 0.00301. The van der Waals surface area contributed by atoms with E-state index in [-0.39, 0.29) is 24.8 Å². The van der Waals surface area contributed by atoms with Gasteiger partial charge in [0.15, 0.2) is 0 Å². The zero-order valence-electron chi connectivity index (χ0n) is 15.0. The number of carbonyl (C=O) groups is 3. The smallest absolute Gasteiger partial charge is 0.331 e. The van der Waals surface area contributed by atoms with Crippen molar-refractivity contribution in [2.75, 3.05) is 0 Å². The van der Waals surface area contributed by atoms with Gasteiger partial charge in [-0.15, -0.1) is 11.7 Å². The molecular weight excluding hydrogens is 336 g/mol. The third-order valence-corrected chi connectivity index (χ3v) is 4.83. The molecule has 1 aliphatic heterocycles. The van der Waals surface area contributed by atoms with Gasteiger partial charge in [-0.25, -0.2) is 4.79 Å². The van der Waals surface area contributed by atoms with Crippen LogP contribution in [0.3, 0.4) is 0 Å². The Kier molecular flexibility index (Phi) is 6.12. The van der Waals surface area contributed by atoms with Crippen molar-refractivity contribution >= 4 is 29.5 Å². The molecule has 2 fully saturated rings. The molecule has 0 aromatic heterocycles. The maximum Gasteiger partial charge on any atom is 0.331 e. The molecule has 0 bridgehead atoms. The fourth-order valence-corrected chi connectivity index (χ4v) is 3.64. The number of imide groups is 2. The Bertz CT molecular complexity index is 661. The standard InChI is InChI=1S/C17H26N6O3/c1-3-9-17(10-11(2)21-22-15(18)19)13(24)20-16(26)23(14(17)25)12-7-5-4-6-8-12/h3,12H,1,4-10H2,2H3,(H4,18,19,22)(H,20,24,26). The van der Waals surface area contributed by atoms with Crippen molar-refractivity contribution in [1.29, 1.82) is 0 Å². The SMILES string of the molecule is C=CCC1(CC(C)=NN=C(N)N)C(=O)NC(=O)N(C2CCCCC2)C1=O. The molecule has 9 heteroatoms. The monoisotopic (exact) mass is 362 g/mol. The summed E-state index contributed by atoms with van der Waals surface area (Å²) in [5.74, 6) is -1.36. The Morgan fingerprint density at radius 2 is 1.92 bits per heavy atom. The molecule has 0 spiro atoms. The van der Waals surface area contributed by atoms with Crippen LogP contribution in [0.2, 0.25) is 0 Å². The van der Waals surface area contributed by atoms with E-state index in [0.29, 0.717) is 5.71 Å². The predicted octanol–water partition coefficient (Wildman–Crippen LogP) is 0.999. The fourth-order valence-electron chi connectivity index (χ4n) is 3.64. The van der Waals surface area contributed by atoms with Crippen molar-refractivity contribution in [1.82, 2.24) is 10.2 Å². The predicted molar refractivity (Wildman–Crippen MR) is 98.0 cm³/mol. The number of barbiturate groups is 1. The number of nitrogens with zero attached hydrogens (tertiary/aromatic N) is 3. The third-order valence-electron chi connectivity index (χ3n) is 4.83. The van der Waals surface area contributed by atoms with E-state index in [2.05, 4.69) is 22.1 Å². The molecule has 1 saturated carbocycles. The average Bonchev–Trinajstić information content (AvgIpc) is 2.59. The number of guanidine groups is 1. The van der Waals surface area contributed by atoms with Crippen LogP contribution in [-0.4, -0.2) is 40.5 Å². The largest absolute Gasteiger partial charge is 0.369 e. The molecule has 1 atom stereocenters. The number of urea groups is 1. The lowest BCUT2D eigenvalue weighted by atomic mass is 9.75. The van der Waals surface area contributed by atoms with E-state index < -0.39 is 23.3 Å². The zero-order valence-corrected chi connectivity index (χ0v) is 15.0. The molecule has 2 aliphatic rings. The highest BCUT2D eigenvalue weighted by Crippen LogP contribution is 2.36. The van der Waals surface area contributed by atoms with E-state index in [1.165, 1.54) is 11.0 Å². The Morgan fingerprint density at radius 1 is 1.27 bits per heavy atom. The van der Waals surface area contributed by atoms with Crippen LogP contribution in [0.1, 0.15) is 51.9 Å². The number of hydrogen-bond acceptors (Lipinski definition) is 5. The first-order valence-corrected chi connectivity index (χ1v) is 8.74. The molecule has 0 aromatic carbocycles. The Morgan fingerprint density at radius 3 is 2.50 bits per heavy atom. The molecule has 142 valence electrons. The molecule has 26 heavy (non-hydrogen) atoms. The van der Waals surface area contributed by atoms with E-state index in [9.17, 15) is 14.4 Å². The highest BCUT2D eigenvalue weighted by Gasteiger charge is 2.54. The van der Waals surface area contributed by atoms with Gasteiger partial charge in [0.05, 0.1) is 0 Å². The number of carbonyl (C=O) groups excluding carboxylic acids is 3. The van der Waals surface area contributed by atoms with Crippen LogP contribution in [0, 0.1) is 5.41 Å². The molecule has 4 amide bonds. The Balaban J connectivity index is 2.38. The summed E-state index contributed by atoms with van der Waals surface area (Å²) in [6.45, 7) is 5.29. The lowest BCUT2D eigenvalue weighted by Crippen LogP contribution is -2.66. The number of amides is 4. The summed E-state index contributed by atoms with van der Waals surface area (Å²) in [6.07, 6.45) is 6.07. The molecule has 1 saturated heterocycles. The van der Waals surface area contributed by atoms with Gasteiger partial charge in [-0.05, 0) is 26.2 Å². The van der Waals surface area contributed by atoms with Crippen molar-refractivity contribution in [3.8, 4) is 0 Å². The quantitative estimate of drug-likeness (QED) is 0.212. The lowest BCUT2D eigenvalue weighted by molar-refractivity contribution is -0.152. The molecule has 2 rings (SSSR count). The van der Waals surface area contributed by atoms with Crippen molar-refractivity contribution < 1.29 is 14.4 Å². The van der Waals surface area contributed by atoms with Gasteiger partial charge in [-0.2, -0.15) is 5.10 Å². The van der Waals surface area contributed by atoms with Crippen LogP contribution in [0.15, 0.2) is 22.9 Å². The van der Waals surface area contributed by atoms with Crippen molar-refractivity contribution in [2.45, 2.75) is 57.9 Å². The molecule has 1 aliphatic carbocycles. The molecule has 5 N–H and O–H groups in total. The van der Waals surface area contributed by atoms with Gasteiger partial charge in [0, 0.05) is 18.2 Å². The summed E-state index contributed by atoms with van der Waals surface area (Å²) in [7, 11) is 0. The molecule has 9 nitrogen and oxygen atoms in total. The van der Waals surface area contributed by atoms with E-state index in [1.54, 1.807) is 6.92 Å². The van der Waals surface area contributed by atoms with Gasteiger partial charge in [-0.3, -0.25) is 19.8 Å². The fraction of sp³-hybridized carbons (Fsp3) is 0.588. The number of hydrogen-bond donors (Lipinski definition) is 3. The second kappa shape index (κ2) is 8.11. The van der Waals surface area contributed by atoms with E-state index in [1.807, 2.05) is 0 Å². The van der Waals surface area contributed by atoms with Crippen LogP contribution in [-0.2, 0) is 9.59 Å². The number of allylic oxidation sites excluding steroid dienone is 1. The van der Waals surface area contributed by atoms with Gasteiger partial charge in [0.1, 0.15) is 5.41 Å². The van der Waals surface area contributed by atoms with E-state index >= 15 is 0 Å². The summed E-state index contributed by atoms with van der Waals surface area (Å²) in [5.41, 5.74) is 9.46. The number of rotatable bonds is 6. The summed E-state index contributed by atoms with van der Waals surface area (Å²) >= 11 is 0. The summed E-state index contributed by atoms with van der Waals surface area (Å²) in [5, 5.41) is 9.76. The minimum Gasteiger partial charge on any atom is -0.369 e. The molecule has 0 aromatic rings. The Labute approximate surface area is 152 Å². The van der Waals surface area contributed by atoms with Crippen molar-refractivity contribution in [3.05, 3.63) is 12.7 Å². The third kappa shape index (κ3) is 3.92. The maximum atomic E-state index is 13.3. The molecule has 0 radical (unpaired) electrons. The summed E-state index contributed by atoms with van der Waals surface area (Å²) in [6, 6.07) is -0.839. The zero-order chi connectivity index (χ0) is 19.3. The van der Waals surface area contributed by atoms with Gasteiger partial charge < -0.3 is 11.5 Å². The van der Waals surface area contributed by atoms with Crippen LogP contribution in [0.5, 0.6) is 0 Å². The van der Waals surface area contributed by atoms with E-state index in [0.717, 1.165) is 32.1 Å². The Hall–Kier alpha value is -2.71. The average molecular weight is 362 g/mol. The van der Waals surface area contributed by atoms with Gasteiger partial charge in [-0.1, -0.05) is 25.3 Å². The molecule has 1 heterocycles. The van der Waals surface area contributed by atoms with Gasteiger partial charge >= 0.3 is 6.03 Å².